The fourth-order valence-corrected chi connectivity index (χ4v) is 6.84. The van der Waals surface area contributed by atoms with E-state index in [-0.39, 0.29) is 24.3 Å². The summed E-state index contributed by atoms with van der Waals surface area (Å²) >= 11 is 0. The SMILES string of the molecule is NCCCC(=O)c1cc2nc(c1)-c1cc(C(=O)O)cc(n1)CN1Cc3cccc(n3)-c3cccc(n3)CN(Cc3cccc(n3)-c3cccc(n3)C1)C2. The lowest BCUT2D eigenvalue weighted by Gasteiger charge is -2.24. The van der Waals surface area contributed by atoms with Gasteiger partial charge in [0, 0.05) is 51.3 Å². The number of rotatable bonds is 5. The number of ketones is 1. The van der Waals surface area contributed by atoms with E-state index in [1.54, 1.807) is 12.1 Å². The number of pyridine rings is 6. The van der Waals surface area contributed by atoms with E-state index in [4.69, 9.17) is 35.6 Å². The Morgan fingerprint density at radius 2 is 0.868 bits per heavy atom. The Kier molecular flexibility index (Phi) is 9.55. The maximum absolute atomic E-state index is 13.5. The third-order valence-corrected chi connectivity index (χ3v) is 9.26. The van der Waals surface area contributed by atoms with Crippen LogP contribution in [0, 0.1) is 0 Å². The van der Waals surface area contributed by atoms with Gasteiger partial charge in [-0.05, 0) is 85.8 Å². The van der Waals surface area contributed by atoms with E-state index in [0.717, 1.165) is 45.6 Å². The van der Waals surface area contributed by atoms with Crippen LogP contribution in [0.2, 0.25) is 0 Å². The standard InChI is InChI=1S/C41H37N9O3/c42-15-5-14-40(51)26-16-32-24-49-20-28-6-1-10-34(43-28)36-12-3-8-30(45-36)22-50(25-33-17-27(41(52)53)19-39(48-33)38(18-26)47-32)23-31-9-4-13-37(46-31)35-11-2-7-29(21-49)44-35/h1-4,6-13,16-19H,5,14-15,20-25,42H2,(H,52,53). The summed E-state index contributed by atoms with van der Waals surface area (Å²) in [5.74, 6) is -1.15. The third kappa shape index (κ3) is 7.90. The van der Waals surface area contributed by atoms with E-state index in [0.29, 0.717) is 74.0 Å². The van der Waals surface area contributed by atoms with Crippen molar-refractivity contribution in [2.45, 2.75) is 52.1 Å². The zero-order chi connectivity index (χ0) is 36.3. The van der Waals surface area contributed by atoms with Crippen molar-refractivity contribution in [3.8, 4) is 34.2 Å². The van der Waals surface area contributed by atoms with Crippen LogP contribution < -0.4 is 5.73 Å². The van der Waals surface area contributed by atoms with Crippen LogP contribution >= 0.6 is 0 Å². The van der Waals surface area contributed by atoms with Crippen LogP contribution in [0.3, 0.4) is 0 Å². The largest absolute Gasteiger partial charge is 0.478 e. The normalized spacial score (nSPS) is 16.4. The molecule has 0 spiro atoms. The second-order valence-electron chi connectivity index (χ2n) is 13.4. The van der Waals surface area contributed by atoms with Gasteiger partial charge in [0.15, 0.2) is 5.78 Å². The first kappa shape index (κ1) is 34.0. The predicted molar refractivity (Wildman–Crippen MR) is 198 cm³/mol. The number of aromatic carboxylic acids is 1. The minimum Gasteiger partial charge on any atom is -0.478 e. The molecule has 53 heavy (non-hydrogen) atoms. The van der Waals surface area contributed by atoms with Crippen LogP contribution in [-0.2, 0) is 39.3 Å². The van der Waals surface area contributed by atoms with Crippen LogP contribution in [0.25, 0.3) is 34.2 Å². The first-order chi connectivity index (χ1) is 25.8. The Morgan fingerprint density at radius 3 is 1.26 bits per heavy atom. The van der Waals surface area contributed by atoms with E-state index in [1.165, 1.54) is 6.07 Å². The average Bonchev–Trinajstić information content (AvgIpc) is 3.16. The Bertz CT molecular complexity index is 2250. The van der Waals surface area contributed by atoms with Crippen LogP contribution in [-0.4, -0.2) is 63.1 Å². The number of Topliss-reactive ketones (excluding diaryl/α,β-unsaturated/α-hetero) is 1. The van der Waals surface area contributed by atoms with Crippen LogP contribution in [0.15, 0.2) is 97.1 Å². The predicted octanol–water partition coefficient (Wildman–Crippen LogP) is 5.71. The van der Waals surface area contributed by atoms with Crippen molar-refractivity contribution in [2.24, 2.45) is 5.73 Å². The number of hydrogen-bond donors (Lipinski definition) is 2. The molecule has 12 heteroatoms. The first-order valence-corrected chi connectivity index (χ1v) is 17.6. The van der Waals surface area contributed by atoms with Gasteiger partial charge < -0.3 is 10.8 Å². The smallest absolute Gasteiger partial charge is 0.335 e. The highest BCUT2D eigenvalue weighted by Crippen LogP contribution is 2.26. The monoisotopic (exact) mass is 703 g/mol. The Hall–Kier alpha value is -6.08. The molecule has 9 rings (SSSR count). The molecular formula is C41H37N9O3. The summed E-state index contributed by atoms with van der Waals surface area (Å²) in [6, 6.07) is 30.4. The van der Waals surface area contributed by atoms with Gasteiger partial charge in [-0.1, -0.05) is 24.3 Å². The number of nitrogens with zero attached hydrogens (tertiary/aromatic N) is 8. The van der Waals surface area contributed by atoms with E-state index < -0.39 is 5.97 Å². The fraction of sp³-hybridized carbons (Fsp3) is 0.220. The lowest BCUT2D eigenvalue weighted by atomic mass is 10.0. The van der Waals surface area contributed by atoms with Gasteiger partial charge in [-0.3, -0.25) is 14.6 Å². The molecule has 0 amide bonds. The summed E-state index contributed by atoms with van der Waals surface area (Å²) in [7, 11) is 0. The lowest BCUT2D eigenvalue weighted by Crippen LogP contribution is -2.25. The minimum atomic E-state index is -1.08. The van der Waals surface area contributed by atoms with Gasteiger partial charge in [-0.2, -0.15) is 0 Å². The molecule has 0 unspecified atom stereocenters. The van der Waals surface area contributed by atoms with Crippen molar-refractivity contribution in [3.63, 3.8) is 0 Å². The molecule has 6 aromatic rings. The highest BCUT2D eigenvalue weighted by atomic mass is 16.4. The molecule has 264 valence electrons. The summed E-state index contributed by atoms with van der Waals surface area (Å²) in [4.78, 5) is 60.6. The van der Waals surface area contributed by atoms with Gasteiger partial charge in [0.1, 0.15) is 0 Å². The number of carbonyl (C=O) groups excluding carboxylic acids is 1. The molecule has 0 saturated carbocycles. The highest BCUT2D eigenvalue weighted by Gasteiger charge is 2.21. The number of nitrogens with two attached hydrogens (primary N) is 1. The maximum atomic E-state index is 13.5. The quantitative estimate of drug-likeness (QED) is 0.211. The minimum absolute atomic E-state index is 0.0667. The number of carboxylic acid groups (broad SMARTS) is 1. The van der Waals surface area contributed by atoms with Gasteiger partial charge in [0.2, 0.25) is 0 Å². The fourth-order valence-electron chi connectivity index (χ4n) is 6.84. The van der Waals surface area contributed by atoms with E-state index in [2.05, 4.69) is 9.80 Å². The van der Waals surface area contributed by atoms with Crippen LogP contribution in [0.1, 0.15) is 67.7 Å². The lowest BCUT2D eigenvalue weighted by molar-refractivity contribution is 0.0696. The molecule has 0 radical (unpaired) electrons. The van der Waals surface area contributed by atoms with Crippen molar-refractivity contribution in [2.75, 3.05) is 6.54 Å². The molecule has 9 heterocycles. The topological polar surface area (TPSA) is 164 Å². The van der Waals surface area contributed by atoms with Gasteiger partial charge >= 0.3 is 5.97 Å². The molecular weight excluding hydrogens is 667 g/mol. The molecule has 3 N–H and O–H groups in total. The number of carbonyl (C=O) groups is 2. The summed E-state index contributed by atoms with van der Waals surface area (Å²) in [5, 5.41) is 10.2. The summed E-state index contributed by atoms with van der Waals surface area (Å²) in [6.45, 7) is 2.74. The van der Waals surface area contributed by atoms with Crippen molar-refractivity contribution in [1.29, 1.82) is 0 Å². The molecule has 0 aliphatic carbocycles. The summed E-state index contributed by atoms with van der Waals surface area (Å²) < 4.78 is 0. The average molecular weight is 704 g/mol. The van der Waals surface area contributed by atoms with Gasteiger partial charge in [0.25, 0.3) is 0 Å². The molecule has 0 atom stereocenters. The van der Waals surface area contributed by atoms with Crippen molar-refractivity contribution in [1.82, 2.24) is 39.7 Å². The highest BCUT2D eigenvalue weighted by molar-refractivity contribution is 5.97. The first-order valence-electron chi connectivity index (χ1n) is 17.6. The van der Waals surface area contributed by atoms with Crippen molar-refractivity contribution < 1.29 is 14.7 Å². The third-order valence-electron chi connectivity index (χ3n) is 9.26. The van der Waals surface area contributed by atoms with Gasteiger partial charge in [-0.15, -0.1) is 0 Å². The molecule has 0 aromatic carbocycles. The number of hydrogen-bond acceptors (Lipinski definition) is 11. The molecule has 3 aliphatic rings. The number of aromatic nitrogens is 6. The molecule has 0 saturated heterocycles. The molecule has 0 fully saturated rings. The van der Waals surface area contributed by atoms with E-state index in [1.807, 2.05) is 78.9 Å². The van der Waals surface area contributed by atoms with Crippen molar-refractivity contribution in [3.05, 3.63) is 142 Å². The Labute approximate surface area is 306 Å². The number of carboxylic acids is 1. The van der Waals surface area contributed by atoms with Gasteiger partial charge in [-0.25, -0.2) is 34.7 Å². The zero-order valence-corrected chi connectivity index (χ0v) is 29.0. The summed E-state index contributed by atoms with van der Waals surface area (Å²) in [6.07, 6.45) is 0.824. The molecule has 12 nitrogen and oxygen atoms in total. The van der Waals surface area contributed by atoms with E-state index >= 15 is 0 Å². The molecule has 3 aliphatic heterocycles. The molecule has 14 bridgehead atoms. The van der Waals surface area contributed by atoms with E-state index in [9.17, 15) is 14.7 Å². The van der Waals surface area contributed by atoms with Crippen LogP contribution in [0.5, 0.6) is 0 Å². The van der Waals surface area contributed by atoms with Crippen LogP contribution in [0.4, 0.5) is 0 Å². The second kappa shape index (κ2) is 14.9. The Balaban J connectivity index is 1.37. The summed E-state index contributed by atoms with van der Waals surface area (Å²) in [5.41, 5.74) is 14.6. The maximum Gasteiger partial charge on any atom is 0.335 e. The zero-order valence-electron chi connectivity index (χ0n) is 29.0. The van der Waals surface area contributed by atoms with Gasteiger partial charge in [0.05, 0.1) is 73.9 Å². The second-order valence-corrected chi connectivity index (χ2v) is 13.4. The molecule has 6 aromatic heterocycles. The van der Waals surface area contributed by atoms with Crippen molar-refractivity contribution >= 4 is 11.8 Å². The Morgan fingerprint density at radius 1 is 0.509 bits per heavy atom.